The second-order valence-electron chi connectivity index (χ2n) is 5.08. The molecule has 1 aromatic rings. The fourth-order valence-electron chi connectivity index (χ4n) is 2.36. The highest BCUT2D eigenvalue weighted by atomic mass is 16.4. The number of carboxylic acid groups (broad SMARTS) is 1. The van der Waals surface area contributed by atoms with E-state index in [0.29, 0.717) is 0 Å². The molecule has 18 heavy (non-hydrogen) atoms. The van der Waals surface area contributed by atoms with Crippen LogP contribution in [0.3, 0.4) is 0 Å². The van der Waals surface area contributed by atoms with E-state index in [9.17, 15) is 9.59 Å². The van der Waals surface area contributed by atoms with Gasteiger partial charge in [0.05, 0.1) is 5.56 Å². The average molecular weight is 251 g/mol. The Labute approximate surface area is 105 Å². The first-order valence-electron chi connectivity index (χ1n) is 6.14. The third-order valence-electron chi connectivity index (χ3n) is 3.44. The van der Waals surface area contributed by atoms with Gasteiger partial charge in [-0.25, -0.2) is 4.79 Å². The molecule has 1 aliphatic carbocycles. The van der Waals surface area contributed by atoms with Crippen molar-refractivity contribution < 1.29 is 19.1 Å². The van der Waals surface area contributed by atoms with Crippen LogP contribution in [0.1, 0.15) is 59.9 Å². The third-order valence-corrected chi connectivity index (χ3v) is 3.44. The van der Waals surface area contributed by atoms with Gasteiger partial charge in [-0.2, -0.15) is 0 Å². The van der Waals surface area contributed by atoms with Gasteiger partial charge in [0.15, 0.2) is 5.76 Å². The number of hydrogen-bond acceptors (Lipinski definition) is 3. The zero-order valence-corrected chi connectivity index (χ0v) is 10.4. The van der Waals surface area contributed by atoms with Crippen LogP contribution >= 0.6 is 0 Å². The summed E-state index contributed by atoms with van der Waals surface area (Å²) in [7, 11) is 0. The maximum absolute atomic E-state index is 12.0. The number of carbonyl (C=O) groups excluding carboxylic acids is 1. The molecule has 0 unspecified atom stereocenters. The normalized spacial score (nSPS) is 18.3. The minimum Gasteiger partial charge on any atom is -0.478 e. The molecule has 1 saturated carbocycles. The van der Waals surface area contributed by atoms with Crippen molar-refractivity contribution in [3.05, 3.63) is 23.7 Å². The van der Waals surface area contributed by atoms with Crippen molar-refractivity contribution in [1.29, 1.82) is 0 Å². The predicted molar refractivity (Wildman–Crippen MR) is 64.6 cm³/mol. The molecule has 0 atom stereocenters. The molecule has 1 amide bonds. The lowest BCUT2D eigenvalue weighted by atomic mass is 9.83. The molecule has 0 bridgehead atoms. The SMILES string of the molecule is CC1(NC(=O)c2cc(C(=O)O)co2)CCCCC1. The quantitative estimate of drug-likeness (QED) is 0.864. The second kappa shape index (κ2) is 4.84. The van der Waals surface area contributed by atoms with Gasteiger partial charge in [-0.05, 0) is 19.8 Å². The van der Waals surface area contributed by atoms with E-state index in [1.807, 2.05) is 6.92 Å². The molecule has 5 heteroatoms. The van der Waals surface area contributed by atoms with E-state index in [-0.39, 0.29) is 22.8 Å². The third kappa shape index (κ3) is 2.72. The molecule has 0 spiro atoms. The molecular formula is C13H17NO4. The lowest BCUT2D eigenvalue weighted by Gasteiger charge is -2.34. The summed E-state index contributed by atoms with van der Waals surface area (Å²) in [6, 6.07) is 1.25. The number of aromatic carboxylic acids is 1. The first kappa shape index (κ1) is 12.7. The molecule has 98 valence electrons. The second-order valence-corrected chi connectivity index (χ2v) is 5.08. The summed E-state index contributed by atoms with van der Waals surface area (Å²) in [5.74, 6) is -1.38. The molecule has 1 aromatic heterocycles. The Morgan fingerprint density at radius 1 is 1.33 bits per heavy atom. The van der Waals surface area contributed by atoms with E-state index in [1.54, 1.807) is 0 Å². The molecule has 0 saturated heterocycles. The van der Waals surface area contributed by atoms with Crippen LogP contribution in [0.15, 0.2) is 16.7 Å². The minimum atomic E-state index is -1.10. The Bertz CT molecular complexity index is 457. The van der Waals surface area contributed by atoms with Gasteiger partial charge in [0.2, 0.25) is 0 Å². The molecular weight excluding hydrogens is 234 g/mol. The van der Waals surface area contributed by atoms with Gasteiger partial charge in [0, 0.05) is 11.6 Å². The van der Waals surface area contributed by atoms with Crippen LogP contribution in [0.5, 0.6) is 0 Å². The Balaban J connectivity index is 2.04. The lowest BCUT2D eigenvalue weighted by Crippen LogP contribution is -2.47. The van der Waals surface area contributed by atoms with Gasteiger partial charge in [-0.1, -0.05) is 19.3 Å². The van der Waals surface area contributed by atoms with E-state index in [4.69, 9.17) is 9.52 Å². The number of carboxylic acids is 1. The number of carbonyl (C=O) groups is 2. The fraction of sp³-hybridized carbons (Fsp3) is 0.538. The summed E-state index contributed by atoms with van der Waals surface area (Å²) in [6.07, 6.45) is 6.40. The van der Waals surface area contributed by atoms with E-state index in [1.165, 1.54) is 12.5 Å². The van der Waals surface area contributed by atoms with Gasteiger partial charge in [0.25, 0.3) is 5.91 Å². The van der Waals surface area contributed by atoms with Crippen molar-refractivity contribution in [1.82, 2.24) is 5.32 Å². The number of nitrogens with one attached hydrogen (secondary N) is 1. The molecule has 5 nitrogen and oxygen atoms in total. The van der Waals surface area contributed by atoms with Crippen LogP contribution in [-0.4, -0.2) is 22.5 Å². The first-order chi connectivity index (χ1) is 8.50. The topological polar surface area (TPSA) is 79.5 Å². The largest absolute Gasteiger partial charge is 0.478 e. The van der Waals surface area contributed by atoms with Gasteiger partial charge in [-0.15, -0.1) is 0 Å². The highest BCUT2D eigenvalue weighted by Crippen LogP contribution is 2.27. The summed E-state index contributed by atoms with van der Waals surface area (Å²) in [5, 5.41) is 11.7. The smallest absolute Gasteiger partial charge is 0.338 e. The summed E-state index contributed by atoms with van der Waals surface area (Å²) >= 11 is 0. The molecule has 0 radical (unpaired) electrons. The summed E-state index contributed by atoms with van der Waals surface area (Å²) < 4.78 is 4.98. The van der Waals surface area contributed by atoms with Crippen molar-refractivity contribution in [3.8, 4) is 0 Å². The Kier molecular flexibility index (Phi) is 3.41. The number of rotatable bonds is 3. The molecule has 2 rings (SSSR count). The van der Waals surface area contributed by atoms with E-state index < -0.39 is 5.97 Å². The predicted octanol–water partition coefficient (Wildman–Crippen LogP) is 2.43. The van der Waals surface area contributed by atoms with Crippen molar-refractivity contribution in [2.45, 2.75) is 44.6 Å². The zero-order chi connectivity index (χ0) is 13.2. The van der Waals surface area contributed by atoms with Crippen molar-refractivity contribution >= 4 is 11.9 Å². The van der Waals surface area contributed by atoms with Crippen LogP contribution in [-0.2, 0) is 0 Å². The molecule has 1 fully saturated rings. The minimum absolute atomic E-state index is 0.00560. The van der Waals surface area contributed by atoms with Crippen LogP contribution in [0.2, 0.25) is 0 Å². The highest BCUT2D eigenvalue weighted by molar-refractivity contribution is 5.95. The fourth-order valence-corrected chi connectivity index (χ4v) is 2.36. The number of hydrogen-bond donors (Lipinski definition) is 2. The lowest BCUT2D eigenvalue weighted by molar-refractivity contribution is 0.0695. The Hall–Kier alpha value is -1.78. The average Bonchev–Trinajstić information content (AvgIpc) is 2.78. The molecule has 0 aromatic carbocycles. The monoisotopic (exact) mass is 251 g/mol. The van der Waals surface area contributed by atoms with Crippen LogP contribution in [0.25, 0.3) is 0 Å². The van der Waals surface area contributed by atoms with Gasteiger partial charge in [0.1, 0.15) is 6.26 Å². The van der Waals surface area contributed by atoms with Crippen LogP contribution < -0.4 is 5.32 Å². The number of furan rings is 1. The summed E-state index contributed by atoms with van der Waals surface area (Å²) in [5.41, 5.74) is -0.208. The first-order valence-corrected chi connectivity index (χ1v) is 6.14. The van der Waals surface area contributed by atoms with E-state index >= 15 is 0 Å². The Morgan fingerprint density at radius 2 is 2.00 bits per heavy atom. The summed E-state index contributed by atoms with van der Waals surface area (Å²) in [4.78, 5) is 22.7. The van der Waals surface area contributed by atoms with Crippen molar-refractivity contribution in [2.75, 3.05) is 0 Å². The van der Waals surface area contributed by atoms with Gasteiger partial charge < -0.3 is 14.8 Å². The van der Waals surface area contributed by atoms with E-state index in [0.717, 1.165) is 31.9 Å². The maximum Gasteiger partial charge on any atom is 0.338 e. The van der Waals surface area contributed by atoms with Gasteiger partial charge >= 0.3 is 5.97 Å². The van der Waals surface area contributed by atoms with E-state index in [2.05, 4.69) is 5.32 Å². The zero-order valence-electron chi connectivity index (χ0n) is 10.4. The maximum atomic E-state index is 12.0. The van der Waals surface area contributed by atoms with Crippen LogP contribution in [0, 0.1) is 0 Å². The molecule has 0 aliphatic heterocycles. The van der Waals surface area contributed by atoms with Crippen LogP contribution in [0.4, 0.5) is 0 Å². The van der Waals surface area contributed by atoms with Crippen molar-refractivity contribution in [3.63, 3.8) is 0 Å². The Morgan fingerprint density at radius 3 is 2.56 bits per heavy atom. The summed E-state index contributed by atoms with van der Waals surface area (Å²) in [6.45, 7) is 2.02. The molecule has 1 heterocycles. The molecule has 2 N–H and O–H groups in total. The standard InChI is InChI=1S/C13H17NO4/c1-13(5-3-2-4-6-13)14-11(15)10-7-9(8-18-10)12(16)17/h7-8H,2-6H2,1H3,(H,14,15)(H,16,17). The van der Waals surface area contributed by atoms with Crippen molar-refractivity contribution in [2.24, 2.45) is 0 Å². The molecule has 1 aliphatic rings. The van der Waals surface area contributed by atoms with Gasteiger partial charge in [-0.3, -0.25) is 4.79 Å². The number of amides is 1. The highest BCUT2D eigenvalue weighted by Gasteiger charge is 2.29.